The van der Waals surface area contributed by atoms with Crippen molar-refractivity contribution in [2.75, 3.05) is 12.0 Å². The molecule has 0 spiro atoms. The van der Waals surface area contributed by atoms with E-state index < -0.39 is 17.7 Å². The smallest absolute Gasteiger partial charge is 0.300 e. The molecule has 1 saturated heterocycles. The monoisotopic (exact) mass is 419 g/mol. The number of ketones is 1. The molecule has 1 aromatic heterocycles. The Morgan fingerprint density at radius 3 is 2.40 bits per heavy atom. The van der Waals surface area contributed by atoms with Crippen LogP contribution in [0.15, 0.2) is 65.6 Å². The van der Waals surface area contributed by atoms with Gasteiger partial charge in [0, 0.05) is 16.1 Å². The lowest BCUT2D eigenvalue weighted by atomic mass is 9.99. The highest BCUT2D eigenvalue weighted by Crippen LogP contribution is 2.44. The summed E-state index contributed by atoms with van der Waals surface area (Å²) in [7, 11) is 1.56. The maximum Gasteiger partial charge on any atom is 0.300 e. The van der Waals surface area contributed by atoms with Gasteiger partial charge in [0.15, 0.2) is 0 Å². The summed E-state index contributed by atoms with van der Waals surface area (Å²) in [6, 6.07) is 15.5. The summed E-state index contributed by atoms with van der Waals surface area (Å²) in [6.45, 7) is 3.89. The third kappa shape index (κ3) is 3.29. The Bertz CT molecular complexity index is 1150. The standard InChI is InChI=1S/C24H21NO4S/c1-14-6-11-18(15(2)13-14)25-21(19-5-4-12-30-19)20(23(27)24(25)28)22(26)16-7-9-17(29-3)10-8-16/h4-13,21,26H,1-3H3/b22-20-. The summed E-state index contributed by atoms with van der Waals surface area (Å²) in [5.41, 5.74) is 3.17. The van der Waals surface area contributed by atoms with Crippen molar-refractivity contribution in [1.29, 1.82) is 0 Å². The second kappa shape index (κ2) is 7.80. The summed E-state index contributed by atoms with van der Waals surface area (Å²) in [5.74, 6) is -0.893. The fourth-order valence-corrected chi connectivity index (χ4v) is 4.60. The number of nitrogens with zero attached hydrogens (tertiary/aromatic N) is 1. The first-order chi connectivity index (χ1) is 14.4. The van der Waals surface area contributed by atoms with E-state index in [4.69, 9.17) is 4.74 Å². The molecule has 2 heterocycles. The molecule has 1 unspecified atom stereocenters. The molecule has 5 nitrogen and oxygen atoms in total. The van der Waals surface area contributed by atoms with Crippen molar-refractivity contribution in [3.8, 4) is 5.75 Å². The van der Waals surface area contributed by atoms with Crippen molar-refractivity contribution < 1.29 is 19.4 Å². The SMILES string of the molecule is COc1ccc(/C(O)=C2/C(=O)C(=O)N(c3ccc(C)cc3C)C2c2cccs2)cc1. The molecule has 30 heavy (non-hydrogen) atoms. The molecule has 4 rings (SSSR count). The number of ether oxygens (including phenoxy) is 1. The third-order valence-electron chi connectivity index (χ3n) is 5.23. The van der Waals surface area contributed by atoms with E-state index in [1.165, 1.54) is 16.2 Å². The molecule has 0 bridgehead atoms. The number of aliphatic hydroxyl groups is 1. The van der Waals surface area contributed by atoms with Gasteiger partial charge in [0.05, 0.1) is 12.7 Å². The van der Waals surface area contributed by atoms with E-state index in [1.54, 1.807) is 31.4 Å². The van der Waals surface area contributed by atoms with Crippen LogP contribution < -0.4 is 9.64 Å². The number of aryl methyl sites for hydroxylation is 2. The van der Waals surface area contributed by atoms with Crippen LogP contribution in [0.2, 0.25) is 0 Å². The molecule has 1 atom stereocenters. The predicted molar refractivity (Wildman–Crippen MR) is 118 cm³/mol. The topological polar surface area (TPSA) is 66.8 Å². The van der Waals surface area contributed by atoms with Gasteiger partial charge in [-0.25, -0.2) is 0 Å². The normalized spacial score (nSPS) is 18.1. The number of carbonyl (C=O) groups is 2. The van der Waals surface area contributed by atoms with Crippen LogP contribution in [-0.4, -0.2) is 23.9 Å². The van der Waals surface area contributed by atoms with E-state index in [0.29, 0.717) is 17.0 Å². The molecule has 1 N–H and O–H groups in total. The number of rotatable bonds is 4. The van der Waals surface area contributed by atoms with Crippen LogP contribution in [-0.2, 0) is 9.59 Å². The lowest BCUT2D eigenvalue weighted by molar-refractivity contribution is -0.132. The molecule has 0 aliphatic carbocycles. The Morgan fingerprint density at radius 2 is 1.80 bits per heavy atom. The number of aliphatic hydroxyl groups excluding tert-OH is 1. The summed E-state index contributed by atoms with van der Waals surface area (Å²) >= 11 is 1.44. The zero-order valence-electron chi connectivity index (χ0n) is 16.9. The van der Waals surface area contributed by atoms with Gasteiger partial charge in [-0.05, 0) is 61.2 Å². The van der Waals surface area contributed by atoms with Crippen LogP contribution in [0, 0.1) is 13.8 Å². The van der Waals surface area contributed by atoms with Crippen molar-refractivity contribution in [2.45, 2.75) is 19.9 Å². The molecule has 1 aliphatic heterocycles. The lowest BCUT2D eigenvalue weighted by Crippen LogP contribution is -2.29. The Hall–Kier alpha value is -3.38. The van der Waals surface area contributed by atoms with E-state index in [0.717, 1.165) is 16.0 Å². The van der Waals surface area contributed by atoms with Gasteiger partial charge in [-0.2, -0.15) is 0 Å². The first-order valence-corrected chi connectivity index (χ1v) is 10.4. The predicted octanol–water partition coefficient (Wildman–Crippen LogP) is 5.00. The number of benzene rings is 2. The molecule has 3 aromatic rings. The maximum absolute atomic E-state index is 13.1. The fraction of sp³-hybridized carbons (Fsp3) is 0.167. The Morgan fingerprint density at radius 1 is 1.07 bits per heavy atom. The Kier molecular flexibility index (Phi) is 5.18. The second-order valence-corrected chi connectivity index (χ2v) is 8.18. The zero-order chi connectivity index (χ0) is 21.4. The van der Waals surface area contributed by atoms with Gasteiger partial charge in [0.2, 0.25) is 0 Å². The van der Waals surface area contributed by atoms with Crippen LogP contribution in [0.4, 0.5) is 5.69 Å². The summed E-state index contributed by atoms with van der Waals surface area (Å²) in [5, 5.41) is 13.0. The van der Waals surface area contributed by atoms with Gasteiger partial charge < -0.3 is 9.84 Å². The van der Waals surface area contributed by atoms with E-state index in [9.17, 15) is 14.7 Å². The van der Waals surface area contributed by atoms with Gasteiger partial charge in [0.25, 0.3) is 11.7 Å². The lowest BCUT2D eigenvalue weighted by Gasteiger charge is -2.26. The van der Waals surface area contributed by atoms with Crippen molar-refractivity contribution >= 4 is 34.5 Å². The van der Waals surface area contributed by atoms with Crippen molar-refractivity contribution in [3.63, 3.8) is 0 Å². The summed E-state index contributed by atoms with van der Waals surface area (Å²) < 4.78 is 5.16. The van der Waals surface area contributed by atoms with Gasteiger partial charge >= 0.3 is 0 Å². The number of methoxy groups -OCH3 is 1. The minimum absolute atomic E-state index is 0.0904. The molecule has 1 amide bonds. The highest BCUT2D eigenvalue weighted by Gasteiger charge is 2.47. The molecule has 6 heteroatoms. The van der Waals surface area contributed by atoms with Gasteiger partial charge in [-0.15, -0.1) is 11.3 Å². The minimum atomic E-state index is -0.693. The highest BCUT2D eigenvalue weighted by molar-refractivity contribution is 7.10. The van der Waals surface area contributed by atoms with E-state index in [-0.39, 0.29) is 11.3 Å². The van der Waals surface area contributed by atoms with Gasteiger partial charge in [-0.1, -0.05) is 23.8 Å². The maximum atomic E-state index is 13.1. The number of anilines is 1. The van der Waals surface area contributed by atoms with Crippen molar-refractivity contribution in [2.24, 2.45) is 0 Å². The van der Waals surface area contributed by atoms with Crippen LogP contribution in [0.25, 0.3) is 5.76 Å². The highest BCUT2D eigenvalue weighted by atomic mass is 32.1. The molecule has 152 valence electrons. The molecular formula is C24H21NO4S. The molecule has 2 aromatic carbocycles. The zero-order valence-corrected chi connectivity index (χ0v) is 17.7. The number of hydrogen-bond acceptors (Lipinski definition) is 5. The van der Waals surface area contributed by atoms with Gasteiger partial charge in [0.1, 0.15) is 17.6 Å². The molecule has 0 radical (unpaired) electrons. The fourth-order valence-electron chi connectivity index (χ4n) is 3.78. The third-order valence-corrected chi connectivity index (χ3v) is 6.16. The van der Waals surface area contributed by atoms with Crippen LogP contribution >= 0.6 is 11.3 Å². The van der Waals surface area contributed by atoms with Crippen molar-refractivity contribution in [1.82, 2.24) is 0 Å². The summed E-state index contributed by atoms with van der Waals surface area (Å²) in [6.07, 6.45) is 0. The second-order valence-electron chi connectivity index (χ2n) is 7.20. The van der Waals surface area contributed by atoms with Gasteiger partial charge in [-0.3, -0.25) is 14.5 Å². The van der Waals surface area contributed by atoms with E-state index in [1.807, 2.05) is 49.6 Å². The minimum Gasteiger partial charge on any atom is -0.507 e. The first kappa shape index (κ1) is 19.9. The molecule has 1 fully saturated rings. The molecule has 1 aliphatic rings. The largest absolute Gasteiger partial charge is 0.507 e. The number of Topliss-reactive ketones (excluding diaryl/α,β-unsaturated/α-hetero) is 1. The van der Waals surface area contributed by atoms with Crippen LogP contribution in [0.3, 0.4) is 0 Å². The van der Waals surface area contributed by atoms with Crippen LogP contribution in [0.5, 0.6) is 5.75 Å². The Labute approximate surface area is 178 Å². The van der Waals surface area contributed by atoms with Crippen LogP contribution in [0.1, 0.15) is 27.6 Å². The first-order valence-electron chi connectivity index (χ1n) is 9.48. The van der Waals surface area contributed by atoms with Crippen molar-refractivity contribution in [3.05, 3.63) is 87.1 Å². The molecule has 0 saturated carbocycles. The van der Waals surface area contributed by atoms with E-state index in [2.05, 4.69) is 0 Å². The average molecular weight is 420 g/mol. The number of amides is 1. The number of carbonyl (C=O) groups excluding carboxylic acids is 2. The summed E-state index contributed by atoms with van der Waals surface area (Å²) in [4.78, 5) is 28.5. The average Bonchev–Trinajstić information content (AvgIpc) is 3.35. The quantitative estimate of drug-likeness (QED) is 0.367. The molecular weight excluding hydrogens is 398 g/mol. The van der Waals surface area contributed by atoms with E-state index >= 15 is 0 Å². The Balaban J connectivity index is 1.91. The number of hydrogen-bond donors (Lipinski definition) is 1. The number of thiophene rings is 1.